The molecule has 2 atom stereocenters. The van der Waals surface area contributed by atoms with E-state index < -0.39 is 15.9 Å². The van der Waals surface area contributed by atoms with Crippen LogP contribution in [0, 0.1) is 6.92 Å². The van der Waals surface area contributed by atoms with Crippen molar-refractivity contribution in [3.63, 3.8) is 0 Å². The number of aryl methyl sites for hydroxylation is 1. The van der Waals surface area contributed by atoms with Gasteiger partial charge in [0.1, 0.15) is 5.75 Å². The Kier molecular flexibility index (Phi) is 7.47. The maximum atomic E-state index is 12.8. The van der Waals surface area contributed by atoms with E-state index in [4.69, 9.17) is 4.74 Å². The maximum absolute atomic E-state index is 12.8. The third-order valence-corrected chi connectivity index (χ3v) is 6.03. The lowest BCUT2D eigenvalue weighted by Crippen LogP contribution is -2.38. The Morgan fingerprint density at radius 2 is 1.69 bits per heavy atom. The quantitative estimate of drug-likeness (QED) is 0.684. The molecule has 2 rings (SSSR count). The summed E-state index contributed by atoms with van der Waals surface area (Å²) in [6, 6.07) is 12.5. The molecule has 0 fully saturated rings. The third kappa shape index (κ3) is 6.07. The van der Waals surface area contributed by atoms with E-state index in [0.717, 1.165) is 22.4 Å². The molecule has 2 aromatic rings. The molecular formula is C23H31NO4S. The molecule has 1 N–H and O–H groups in total. The van der Waals surface area contributed by atoms with Crippen LogP contribution in [0.2, 0.25) is 0 Å². The van der Waals surface area contributed by atoms with Crippen LogP contribution in [0.3, 0.4) is 0 Å². The van der Waals surface area contributed by atoms with Crippen molar-refractivity contribution in [2.24, 2.45) is 0 Å². The number of hydrogen-bond donors (Lipinski definition) is 1. The summed E-state index contributed by atoms with van der Waals surface area (Å²) in [7, 11) is -3.25. The maximum Gasteiger partial charge on any atom is 0.261 e. The summed E-state index contributed by atoms with van der Waals surface area (Å²) >= 11 is 0. The fourth-order valence-electron chi connectivity index (χ4n) is 3.12. The fourth-order valence-corrected chi connectivity index (χ4v) is 3.75. The van der Waals surface area contributed by atoms with Gasteiger partial charge in [0.05, 0.1) is 10.9 Å². The Balaban J connectivity index is 2.12. The molecule has 0 spiro atoms. The van der Waals surface area contributed by atoms with Crippen molar-refractivity contribution in [3.8, 4) is 5.75 Å². The first kappa shape index (κ1) is 22.9. The summed E-state index contributed by atoms with van der Waals surface area (Å²) in [5.74, 6) is 0.811. The molecular weight excluding hydrogens is 386 g/mol. The second-order valence-electron chi connectivity index (χ2n) is 7.77. The minimum atomic E-state index is -3.25. The van der Waals surface area contributed by atoms with Gasteiger partial charge < -0.3 is 10.1 Å². The number of amides is 1. The monoisotopic (exact) mass is 417 g/mol. The van der Waals surface area contributed by atoms with Gasteiger partial charge >= 0.3 is 0 Å². The molecule has 0 saturated carbocycles. The zero-order valence-corrected chi connectivity index (χ0v) is 18.8. The van der Waals surface area contributed by atoms with Crippen LogP contribution >= 0.6 is 0 Å². The molecule has 29 heavy (non-hydrogen) atoms. The minimum Gasteiger partial charge on any atom is -0.481 e. The van der Waals surface area contributed by atoms with Crippen LogP contribution in [-0.4, -0.2) is 26.7 Å². The van der Waals surface area contributed by atoms with Crippen LogP contribution in [0.15, 0.2) is 47.4 Å². The lowest BCUT2D eigenvalue weighted by molar-refractivity contribution is -0.128. The van der Waals surface area contributed by atoms with Crippen LogP contribution in [-0.2, 0) is 14.6 Å². The highest BCUT2D eigenvalue weighted by Crippen LogP contribution is 2.28. The predicted octanol–water partition coefficient (Wildman–Crippen LogP) is 4.56. The molecule has 0 radical (unpaired) electrons. The van der Waals surface area contributed by atoms with E-state index in [0.29, 0.717) is 6.42 Å². The van der Waals surface area contributed by atoms with Gasteiger partial charge in [-0.1, -0.05) is 45.0 Å². The summed E-state index contributed by atoms with van der Waals surface area (Å²) in [6.45, 7) is 9.89. The van der Waals surface area contributed by atoms with E-state index in [2.05, 4.69) is 19.2 Å². The van der Waals surface area contributed by atoms with Gasteiger partial charge in [0.15, 0.2) is 15.9 Å². The lowest BCUT2D eigenvalue weighted by Gasteiger charge is -2.23. The first-order chi connectivity index (χ1) is 13.5. The van der Waals surface area contributed by atoms with Crippen molar-refractivity contribution in [2.45, 2.75) is 64.0 Å². The van der Waals surface area contributed by atoms with Gasteiger partial charge in [0.25, 0.3) is 5.91 Å². The van der Waals surface area contributed by atoms with E-state index in [1.165, 1.54) is 6.26 Å². The second-order valence-corrected chi connectivity index (χ2v) is 9.78. The van der Waals surface area contributed by atoms with Crippen molar-refractivity contribution in [1.29, 1.82) is 0 Å². The van der Waals surface area contributed by atoms with Crippen LogP contribution in [0.1, 0.15) is 62.8 Å². The van der Waals surface area contributed by atoms with Crippen LogP contribution in [0.4, 0.5) is 0 Å². The highest BCUT2D eigenvalue weighted by atomic mass is 32.2. The number of carbonyl (C=O) groups is 1. The van der Waals surface area contributed by atoms with Crippen LogP contribution in [0.5, 0.6) is 5.75 Å². The van der Waals surface area contributed by atoms with Gasteiger partial charge in [-0.15, -0.1) is 0 Å². The number of benzene rings is 2. The normalized spacial score (nSPS) is 13.8. The standard InChI is InChI=1S/C23H31NO4S/c1-7-21(18-9-11-19(12-10-18)29(6,26)27)24-23(25)17(5)28-22-14-16(4)8-13-20(22)15(2)3/h8-15,17,21H,7H2,1-6H3,(H,24,25). The molecule has 1 amide bonds. The SMILES string of the molecule is CCC(NC(=O)C(C)Oc1cc(C)ccc1C(C)C)c1ccc(S(C)(=O)=O)cc1. The van der Waals surface area contributed by atoms with E-state index in [-0.39, 0.29) is 22.8 Å². The molecule has 0 saturated heterocycles. The summed E-state index contributed by atoms with van der Waals surface area (Å²) < 4.78 is 29.3. The van der Waals surface area contributed by atoms with Gasteiger partial charge in [-0.05, 0) is 61.1 Å². The number of carbonyl (C=O) groups excluding carboxylic acids is 1. The number of ether oxygens (including phenoxy) is 1. The fraction of sp³-hybridized carbons (Fsp3) is 0.435. The van der Waals surface area contributed by atoms with E-state index in [1.807, 2.05) is 32.0 Å². The molecule has 0 aliphatic heterocycles. The average Bonchev–Trinajstić information content (AvgIpc) is 2.65. The smallest absolute Gasteiger partial charge is 0.261 e. The third-order valence-electron chi connectivity index (χ3n) is 4.90. The molecule has 2 aromatic carbocycles. The highest BCUT2D eigenvalue weighted by Gasteiger charge is 2.21. The molecule has 2 unspecified atom stereocenters. The zero-order valence-electron chi connectivity index (χ0n) is 18.0. The molecule has 0 bridgehead atoms. The van der Waals surface area contributed by atoms with Crippen molar-refractivity contribution < 1.29 is 17.9 Å². The van der Waals surface area contributed by atoms with Crippen molar-refractivity contribution in [2.75, 3.05) is 6.26 Å². The molecule has 5 nitrogen and oxygen atoms in total. The first-order valence-electron chi connectivity index (χ1n) is 9.90. The summed E-state index contributed by atoms with van der Waals surface area (Å²) in [6.07, 6.45) is 1.20. The number of rotatable bonds is 8. The van der Waals surface area contributed by atoms with Gasteiger partial charge in [0.2, 0.25) is 0 Å². The number of hydrogen-bond acceptors (Lipinski definition) is 4. The van der Waals surface area contributed by atoms with Gasteiger partial charge in [0, 0.05) is 6.26 Å². The summed E-state index contributed by atoms with van der Waals surface area (Å²) in [5.41, 5.74) is 3.01. The lowest BCUT2D eigenvalue weighted by atomic mass is 10.0. The van der Waals surface area contributed by atoms with E-state index in [1.54, 1.807) is 31.2 Å². The Labute approximate surface area is 174 Å². The van der Waals surface area contributed by atoms with Gasteiger partial charge in [-0.25, -0.2) is 8.42 Å². The Morgan fingerprint density at radius 1 is 1.07 bits per heavy atom. The predicted molar refractivity (Wildman–Crippen MR) is 116 cm³/mol. The molecule has 0 aliphatic rings. The van der Waals surface area contributed by atoms with Crippen LogP contribution in [0.25, 0.3) is 0 Å². The number of sulfone groups is 1. The van der Waals surface area contributed by atoms with E-state index in [9.17, 15) is 13.2 Å². The molecule has 0 heterocycles. The van der Waals surface area contributed by atoms with E-state index >= 15 is 0 Å². The number of nitrogens with one attached hydrogen (secondary N) is 1. The Morgan fingerprint density at radius 3 is 2.21 bits per heavy atom. The second kappa shape index (κ2) is 9.44. The molecule has 158 valence electrons. The van der Waals surface area contributed by atoms with Crippen molar-refractivity contribution >= 4 is 15.7 Å². The van der Waals surface area contributed by atoms with Gasteiger partial charge in [-0.2, -0.15) is 0 Å². The topological polar surface area (TPSA) is 72.5 Å². The summed E-state index contributed by atoms with van der Waals surface area (Å²) in [4.78, 5) is 13.0. The average molecular weight is 418 g/mol. The van der Waals surface area contributed by atoms with Crippen LogP contribution < -0.4 is 10.1 Å². The Bertz CT molecular complexity index is 949. The largest absolute Gasteiger partial charge is 0.481 e. The van der Waals surface area contributed by atoms with Gasteiger partial charge in [-0.3, -0.25) is 4.79 Å². The van der Waals surface area contributed by atoms with Crippen molar-refractivity contribution in [1.82, 2.24) is 5.32 Å². The zero-order chi connectivity index (χ0) is 21.8. The molecule has 6 heteroatoms. The summed E-state index contributed by atoms with van der Waals surface area (Å²) in [5, 5.41) is 3.01. The molecule has 0 aromatic heterocycles. The molecule has 0 aliphatic carbocycles. The van der Waals surface area contributed by atoms with Crippen molar-refractivity contribution in [3.05, 3.63) is 59.2 Å². The Hall–Kier alpha value is -2.34. The highest BCUT2D eigenvalue weighted by molar-refractivity contribution is 7.90. The minimum absolute atomic E-state index is 0.208. The first-order valence-corrected chi connectivity index (χ1v) is 11.8.